The molecule has 98 valence electrons. The molecule has 0 unspecified atom stereocenters. The number of halogens is 1. The number of amides is 1. The van der Waals surface area contributed by atoms with E-state index >= 15 is 0 Å². The predicted octanol–water partition coefficient (Wildman–Crippen LogP) is 3.40. The Morgan fingerprint density at radius 2 is 1.63 bits per heavy atom. The van der Waals surface area contributed by atoms with E-state index in [0.29, 0.717) is 18.0 Å². The van der Waals surface area contributed by atoms with Gasteiger partial charge in [0.05, 0.1) is 0 Å². The second kappa shape index (κ2) is 6.95. The molecule has 0 spiro atoms. The van der Waals surface area contributed by atoms with Gasteiger partial charge in [-0.1, -0.05) is 42.5 Å². The minimum Gasteiger partial charge on any atom is -0.352 e. The van der Waals surface area contributed by atoms with E-state index in [0.717, 1.165) is 12.0 Å². The topological polar surface area (TPSA) is 29.1 Å². The van der Waals surface area contributed by atoms with E-state index in [2.05, 4.69) is 17.4 Å². The molecule has 2 aromatic rings. The zero-order valence-corrected chi connectivity index (χ0v) is 11.4. The molecule has 2 aromatic carbocycles. The molecule has 0 radical (unpaired) electrons. The van der Waals surface area contributed by atoms with Crippen LogP contribution in [0.25, 0.3) is 0 Å². The minimum absolute atomic E-state index is 0.0444. The van der Waals surface area contributed by atoms with Crippen LogP contribution in [-0.2, 0) is 12.3 Å². The van der Waals surface area contributed by atoms with Gasteiger partial charge in [0.2, 0.25) is 0 Å². The zero-order chi connectivity index (χ0) is 13.5. The molecule has 0 aliphatic rings. The molecule has 3 heteroatoms. The molecule has 2 nitrogen and oxygen atoms in total. The maximum atomic E-state index is 11.9. The standard InChI is InChI=1S/C16H16ClNO/c17-12-14-6-8-15(9-7-14)16(19)18-11-10-13-4-2-1-3-5-13/h1-9H,10-12H2,(H,18,19). The molecule has 1 N–H and O–H groups in total. The van der Waals surface area contributed by atoms with Gasteiger partial charge in [-0.25, -0.2) is 0 Å². The monoisotopic (exact) mass is 273 g/mol. The summed E-state index contributed by atoms with van der Waals surface area (Å²) in [5.74, 6) is 0.424. The Morgan fingerprint density at radius 3 is 2.26 bits per heavy atom. The van der Waals surface area contributed by atoms with Crippen molar-refractivity contribution >= 4 is 17.5 Å². The van der Waals surface area contributed by atoms with Crippen LogP contribution in [0.3, 0.4) is 0 Å². The van der Waals surface area contributed by atoms with E-state index in [1.165, 1.54) is 5.56 Å². The van der Waals surface area contributed by atoms with Crippen LogP contribution in [-0.4, -0.2) is 12.5 Å². The summed E-state index contributed by atoms with van der Waals surface area (Å²) in [6, 6.07) is 17.5. The fourth-order valence-corrected chi connectivity index (χ4v) is 1.99. The van der Waals surface area contributed by atoms with Crippen molar-refractivity contribution in [2.75, 3.05) is 6.54 Å². The largest absolute Gasteiger partial charge is 0.352 e. The molecule has 0 aliphatic carbocycles. The van der Waals surface area contributed by atoms with E-state index in [4.69, 9.17) is 11.6 Å². The van der Waals surface area contributed by atoms with E-state index in [1.807, 2.05) is 30.3 Å². The van der Waals surface area contributed by atoms with Crippen molar-refractivity contribution in [1.29, 1.82) is 0 Å². The molecule has 0 bridgehead atoms. The maximum absolute atomic E-state index is 11.9. The molecule has 0 saturated carbocycles. The number of hydrogen-bond donors (Lipinski definition) is 1. The number of benzene rings is 2. The lowest BCUT2D eigenvalue weighted by molar-refractivity contribution is 0.0954. The molecule has 0 fully saturated rings. The highest BCUT2D eigenvalue weighted by molar-refractivity contribution is 6.17. The first-order valence-electron chi connectivity index (χ1n) is 6.26. The van der Waals surface area contributed by atoms with Crippen molar-refractivity contribution in [2.45, 2.75) is 12.3 Å². The summed E-state index contributed by atoms with van der Waals surface area (Å²) < 4.78 is 0. The average molecular weight is 274 g/mol. The van der Waals surface area contributed by atoms with Crippen molar-refractivity contribution in [1.82, 2.24) is 5.32 Å². The zero-order valence-electron chi connectivity index (χ0n) is 10.6. The van der Waals surface area contributed by atoms with Crippen molar-refractivity contribution in [3.05, 3.63) is 71.3 Å². The summed E-state index contributed by atoms with van der Waals surface area (Å²) in [7, 11) is 0. The highest BCUT2D eigenvalue weighted by Crippen LogP contribution is 2.07. The number of alkyl halides is 1. The average Bonchev–Trinajstić information content (AvgIpc) is 2.48. The third kappa shape index (κ3) is 4.11. The number of rotatable bonds is 5. The van der Waals surface area contributed by atoms with Gasteiger partial charge in [-0.05, 0) is 29.7 Å². The van der Waals surface area contributed by atoms with Crippen LogP contribution < -0.4 is 5.32 Å². The quantitative estimate of drug-likeness (QED) is 0.831. The van der Waals surface area contributed by atoms with Gasteiger partial charge in [0.1, 0.15) is 0 Å². The first-order chi connectivity index (χ1) is 9.29. The number of carbonyl (C=O) groups excluding carboxylic acids is 1. The van der Waals surface area contributed by atoms with E-state index in [-0.39, 0.29) is 5.91 Å². The van der Waals surface area contributed by atoms with Crippen LogP contribution >= 0.6 is 11.6 Å². The van der Waals surface area contributed by atoms with Crippen LogP contribution in [0, 0.1) is 0 Å². The van der Waals surface area contributed by atoms with Gasteiger partial charge >= 0.3 is 0 Å². The van der Waals surface area contributed by atoms with Crippen LogP contribution in [0.15, 0.2) is 54.6 Å². The van der Waals surface area contributed by atoms with Crippen molar-refractivity contribution < 1.29 is 4.79 Å². The van der Waals surface area contributed by atoms with Gasteiger partial charge in [0, 0.05) is 18.0 Å². The van der Waals surface area contributed by atoms with Crippen LogP contribution in [0.5, 0.6) is 0 Å². The predicted molar refractivity (Wildman–Crippen MR) is 78.5 cm³/mol. The Hall–Kier alpha value is -1.80. The molecule has 0 aromatic heterocycles. The SMILES string of the molecule is O=C(NCCc1ccccc1)c1ccc(CCl)cc1. The lowest BCUT2D eigenvalue weighted by atomic mass is 10.1. The first-order valence-corrected chi connectivity index (χ1v) is 6.80. The molecular formula is C16H16ClNO. The molecule has 0 saturated heterocycles. The van der Waals surface area contributed by atoms with Gasteiger partial charge in [-0.3, -0.25) is 4.79 Å². The fraction of sp³-hybridized carbons (Fsp3) is 0.188. The summed E-state index contributed by atoms with van der Waals surface area (Å²) in [5.41, 5.74) is 2.91. The summed E-state index contributed by atoms with van der Waals surface area (Å²) in [4.78, 5) is 11.9. The molecular weight excluding hydrogens is 258 g/mol. The fourth-order valence-electron chi connectivity index (χ4n) is 1.81. The van der Waals surface area contributed by atoms with Gasteiger partial charge in [0.25, 0.3) is 5.91 Å². The van der Waals surface area contributed by atoms with Crippen molar-refractivity contribution in [3.8, 4) is 0 Å². The Morgan fingerprint density at radius 1 is 0.947 bits per heavy atom. The second-order valence-electron chi connectivity index (χ2n) is 4.32. The highest BCUT2D eigenvalue weighted by atomic mass is 35.5. The first kappa shape index (κ1) is 13.6. The molecule has 0 atom stereocenters. The van der Waals surface area contributed by atoms with Crippen LogP contribution in [0.2, 0.25) is 0 Å². The van der Waals surface area contributed by atoms with Crippen molar-refractivity contribution in [2.24, 2.45) is 0 Å². The molecule has 0 aliphatic heterocycles. The minimum atomic E-state index is -0.0444. The lowest BCUT2D eigenvalue weighted by Gasteiger charge is -2.06. The molecule has 1 amide bonds. The third-order valence-corrected chi connectivity index (χ3v) is 3.22. The number of carbonyl (C=O) groups is 1. The Balaban J connectivity index is 1.84. The Bertz CT molecular complexity index is 522. The second-order valence-corrected chi connectivity index (χ2v) is 4.59. The summed E-state index contributed by atoms with van der Waals surface area (Å²) >= 11 is 5.71. The Kier molecular flexibility index (Phi) is 4.99. The van der Waals surface area contributed by atoms with Crippen LogP contribution in [0.1, 0.15) is 21.5 Å². The van der Waals surface area contributed by atoms with E-state index in [1.54, 1.807) is 12.1 Å². The normalized spacial score (nSPS) is 10.2. The van der Waals surface area contributed by atoms with Gasteiger partial charge in [0.15, 0.2) is 0 Å². The lowest BCUT2D eigenvalue weighted by Crippen LogP contribution is -2.25. The van der Waals surface area contributed by atoms with Crippen molar-refractivity contribution in [3.63, 3.8) is 0 Å². The molecule has 19 heavy (non-hydrogen) atoms. The molecule has 2 rings (SSSR count). The number of nitrogens with one attached hydrogen (secondary N) is 1. The smallest absolute Gasteiger partial charge is 0.251 e. The third-order valence-electron chi connectivity index (χ3n) is 2.91. The summed E-state index contributed by atoms with van der Waals surface area (Å²) in [6.07, 6.45) is 0.840. The highest BCUT2D eigenvalue weighted by Gasteiger charge is 2.04. The molecule has 0 heterocycles. The summed E-state index contributed by atoms with van der Waals surface area (Å²) in [6.45, 7) is 0.639. The van der Waals surface area contributed by atoms with Gasteiger partial charge < -0.3 is 5.32 Å². The van der Waals surface area contributed by atoms with E-state index in [9.17, 15) is 4.79 Å². The summed E-state index contributed by atoms with van der Waals surface area (Å²) in [5, 5.41) is 2.91. The number of hydrogen-bond acceptors (Lipinski definition) is 1. The van der Waals surface area contributed by atoms with Gasteiger partial charge in [-0.2, -0.15) is 0 Å². The Labute approximate surface area is 118 Å². The van der Waals surface area contributed by atoms with Gasteiger partial charge in [-0.15, -0.1) is 11.6 Å². The van der Waals surface area contributed by atoms with E-state index < -0.39 is 0 Å². The maximum Gasteiger partial charge on any atom is 0.251 e. The van der Waals surface area contributed by atoms with Crippen LogP contribution in [0.4, 0.5) is 0 Å².